The third kappa shape index (κ3) is 3.46. The van der Waals surface area contributed by atoms with E-state index in [2.05, 4.69) is 5.32 Å². The Hall–Kier alpha value is -1.54. The van der Waals surface area contributed by atoms with Gasteiger partial charge in [-0.3, -0.25) is 0 Å². The topological polar surface area (TPSA) is 12.0 Å². The van der Waals surface area contributed by atoms with Crippen molar-refractivity contribution in [3.05, 3.63) is 64.4 Å². The number of rotatable bonds is 3. The van der Waals surface area contributed by atoms with Gasteiger partial charge >= 0.3 is 0 Å². The van der Waals surface area contributed by atoms with E-state index < -0.39 is 0 Å². The Labute approximate surface area is 105 Å². The maximum absolute atomic E-state index is 13.2. The molecular formula is C14H13ClFN. The Morgan fingerprint density at radius 1 is 1.18 bits per heavy atom. The van der Waals surface area contributed by atoms with Crippen LogP contribution in [0.1, 0.15) is 11.1 Å². The molecule has 0 saturated carbocycles. The first-order chi connectivity index (χ1) is 8.13. The van der Waals surface area contributed by atoms with Gasteiger partial charge in [-0.15, -0.1) is 0 Å². The van der Waals surface area contributed by atoms with E-state index in [1.165, 1.54) is 12.1 Å². The van der Waals surface area contributed by atoms with Gasteiger partial charge in [0.2, 0.25) is 0 Å². The summed E-state index contributed by atoms with van der Waals surface area (Å²) in [5.41, 5.74) is 2.75. The molecule has 2 aromatic rings. The number of nitrogens with one attached hydrogen (secondary N) is 1. The molecule has 88 valence electrons. The fourth-order valence-corrected chi connectivity index (χ4v) is 1.90. The Kier molecular flexibility index (Phi) is 3.64. The third-order valence-electron chi connectivity index (χ3n) is 2.43. The number of hydrogen-bond acceptors (Lipinski definition) is 1. The van der Waals surface area contributed by atoms with Crippen LogP contribution < -0.4 is 5.32 Å². The molecule has 0 fully saturated rings. The molecule has 0 bridgehead atoms. The van der Waals surface area contributed by atoms with Crippen molar-refractivity contribution in [2.24, 2.45) is 0 Å². The molecule has 2 aromatic carbocycles. The highest BCUT2D eigenvalue weighted by Gasteiger charge is 1.98. The smallest absolute Gasteiger partial charge is 0.125 e. The molecule has 1 N–H and O–H groups in total. The van der Waals surface area contributed by atoms with E-state index in [4.69, 9.17) is 11.6 Å². The highest BCUT2D eigenvalue weighted by atomic mass is 35.5. The molecule has 0 aliphatic rings. The lowest BCUT2D eigenvalue weighted by Crippen LogP contribution is -2.00. The van der Waals surface area contributed by atoms with Gasteiger partial charge in [-0.05, 0) is 48.4 Å². The van der Waals surface area contributed by atoms with E-state index in [1.54, 1.807) is 0 Å². The summed E-state index contributed by atoms with van der Waals surface area (Å²) in [6, 6.07) is 12.5. The van der Waals surface area contributed by atoms with Crippen LogP contribution in [-0.4, -0.2) is 0 Å². The van der Waals surface area contributed by atoms with Crippen LogP contribution in [0.2, 0.25) is 5.02 Å². The maximum Gasteiger partial charge on any atom is 0.125 e. The first kappa shape index (κ1) is 11.9. The first-order valence-electron chi connectivity index (χ1n) is 5.39. The fraction of sp³-hybridized carbons (Fsp3) is 0.143. The molecule has 17 heavy (non-hydrogen) atoms. The molecule has 2 rings (SSSR count). The van der Waals surface area contributed by atoms with E-state index in [0.29, 0.717) is 11.6 Å². The molecular weight excluding hydrogens is 237 g/mol. The lowest BCUT2D eigenvalue weighted by molar-refractivity contribution is 0.627. The highest BCUT2D eigenvalue weighted by Crippen LogP contribution is 2.16. The van der Waals surface area contributed by atoms with Crippen LogP contribution in [0.15, 0.2) is 42.5 Å². The summed E-state index contributed by atoms with van der Waals surface area (Å²) >= 11 is 5.89. The molecule has 1 nitrogen and oxygen atoms in total. The van der Waals surface area contributed by atoms with E-state index in [1.807, 2.05) is 37.3 Å². The Balaban J connectivity index is 2.07. The van der Waals surface area contributed by atoms with Crippen molar-refractivity contribution >= 4 is 17.3 Å². The van der Waals surface area contributed by atoms with Crippen molar-refractivity contribution in [3.63, 3.8) is 0 Å². The number of anilines is 1. The van der Waals surface area contributed by atoms with Crippen LogP contribution in [0.5, 0.6) is 0 Å². The maximum atomic E-state index is 13.2. The Bertz CT molecular complexity index is 505. The van der Waals surface area contributed by atoms with Gasteiger partial charge < -0.3 is 5.32 Å². The second-order valence-corrected chi connectivity index (χ2v) is 4.44. The van der Waals surface area contributed by atoms with Gasteiger partial charge in [-0.25, -0.2) is 4.39 Å². The average Bonchev–Trinajstić information content (AvgIpc) is 2.25. The standard InChI is InChI=1S/C14H13ClFN/c1-10-5-13(16)8-14(6-10)17-9-11-3-2-4-12(15)7-11/h2-8,17H,9H2,1H3. The number of hydrogen-bond donors (Lipinski definition) is 1. The molecule has 0 amide bonds. The van der Waals surface area contributed by atoms with E-state index in [-0.39, 0.29) is 5.82 Å². The molecule has 0 saturated heterocycles. The van der Waals surface area contributed by atoms with Gasteiger partial charge in [-0.1, -0.05) is 23.7 Å². The number of aryl methyl sites for hydroxylation is 1. The second kappa shape index (κ2) is 5.19. The summed E-state index contributed by atoms with van der Waals surface area (Å²) in [6.07, 6.45) is 0. The predicted octanol–water partition coefficient (Wildman–Crippen LogP) is 4.40. The Morgan fingerprint density at radius 3 is 2.71 bits per heavy atom. The van der Waals surface area contributed by atoms with Crippen molar-refractivity contribution in [1.29, 1.82) is 0 Å². The summed E-state index contributed by atoms with van der Waals surface area (Å²) in [5.74, 6) is -0.224. The summed E-state index contributed by atoms with van der Waals surface area (Å²) < 4.78 is 13.2. The van der Waals surface area contributed by atoms with E-state index in [9.17, 15) is 4.39 Å². The van der Waals surface area contributed by atoms with Crippen LogP contribution in [0.4, 0.5) is 10.1 Å². The second-order valence-electron chi connectivity index (χ2n) is 4.00. The normalized spacial score (nSPS) is 10.3. The van der Waals surface area contributed by atoms with Gasteiger partial charge in [0.25, 0.3) is 0 Å². The predicted molar refractivity (Wildman–Crippen MR) is 69.9 cm³/mol. The molecule has 0 aliphatic heterocycles. The molecule has 0 atom stereocenters. The zero-order valence-corrected chi connectivity index (χ0v) is 10.3. The summed E-state index contributed by atoms with van der Waals surface area (Å²) in [7, 11) is 0. The zero-order chi connectivity index (χ0) is 12.3. The van der Waals surface area contributed by atoms with Crippen LogP contribution in [0, 0.1) is 12.7 Å². The van der Waals surface area contributed by atoms with Gasteiger partial charge in [0.1, 0.15) is 5.82 Å². The minimum Gasteiger partial charge on any atom is -0.381 e. The fourth-order valence-electron chi connectivity index (χ4n) is 1.69. The quantitative estimate of drug-likeness (QED) is 0.850. The lowest BCUT2D eigenvalue weighted by Gasteiger charge is -2.08. The van der Waals surface area contributed by atoms with Gasteiger partial charge in [0.05, 0.1) is 0 Å². The number of halogens is 2. The average molecular weight is 250 g/mol. The molecule has 3 heteroatoms. The van der Waals surface area contributed by atoms with Gasteiger partial charge in [0, 0.05) is 17.3 Å². The molecule has 0 aliphatic carbocycles. The SMILES string of the molecule is Cc1cc(F)cc(NCc2cccc(Cl)c2)c1. The van der Waals surface area contributed by atoms with Gasteiger partial charge in [0.15, 0.2) is 0 Å². The first-order valence-corrected chi connectivity index (χ1v) is 5.77. The van der Waals surface area contributed by atoms with Crippen molar-refractivity contribution in [1.82, 2.24) is 0 Å². The minimum atomic E-state index is -0.224. The minimum absolute atomic E-state index is 0.224. The Morgan fingerprint density at radius 2 is 2.00 bits per heavy atom. The summed E-state index contributed by atoms with van der Waals surface area (Å²) in [6.45, 7) is 2.50. The zero-order valence-electron chi connectivity index (χ0n) is 9.50. The van der Waals surface area contributed by atoms with E-state index in [0.717, 1.165) is 16.8 Å². The summed E-state index contributed by atoms with van der Waals surface area (Å²) in [5, 5.41) is 3.88. The van der Waals surface area contributed by atoms with Crippen molar-refractivity contribution < 1.29 is 4.39 Å². The lowest BCUT2D eigenvalue weighted by atomic mass is 10.2. The van der Waals surface area contributed by atoms with Crippen LogP contribution in [-0.2, 0) is 6.54 Å². The molecule has 0 unspecified atom stereocenters. The van der Waals surface area contributed by atoms with Crippen molar-refractivity contribution in [2.45, 2.75) is 13.5 Å². The van der Waals surface area contributed by atoms with Crippen LogP contribution in [0.25, 0.3) is 0 Å². The monoisotopic (exact) mass is 249 g/mol. The van der Waals surface area contributed by atoms with Gasteiger partial charge in [-0.2, -0.15) is 0 Å². The molecule has 0 heterocycles. The van der Waals surface area contributed by atoms with Crippen LogP contribution >= 0.6 is 11.6 Å². The molecule has 0 spiro atoms. The molecule has 0 radical (unpaired) electrons. The van der Waals surface area contributed by atoms with E-state index >= 15 is 0 Å². The highest BCUT2D eigenvalue weighted by molar-refractivity contribution is 6.30. The van der Waals surface area contributed by atoms with Crippen molar-refractivity contribution in [2.75, 3.05) is 5.32 Å². The summed E-state index contributed by atoms with van der Waals surface area (Å²) in [4.78, 5) is 0. The molecule has 0 aromatic heterocycles. The number of benzene rings is 2. The largest absolute Gasteiger partial charge is 0.381 e. The third-order valence-corrected chi connectivity index (χ3v) is 2.66. The van der Waals surface area contributed by atoms with Crippen LogP contribution in [0.3, 0.4) is 0 Å². The van der Waals surface area contributed by atoms with Crippen molar-refractivity contribution in [3.8, 4) is 0 Å².